The Morgan fingerprint density at radius 1 is 1.12 bits per heavy atom. The first kappa shape index (κ1) is 23.8. The molecule has 0 aromatic heterocycles. The molecule has 8 nitrogen and oxygen atoms in total. The Kier molecular flexibility index (Phi) is 6.36. The summed E-state index contributed by atoms with van der Waals surface area (Å²) in [7, 11) is 1.42. The molecule has 1 aliphatic carbocycles. The number of aliphatic carboxylic acids is 1. The number of ether oxygens (including phenoxy) is 2. The van der Waals surface area contributed by atoms with Crippen LogP contribution < -0.4 is 5.32 Å². The van der Waals surface area contributed by atoms with Gasteiger partial charge in [-0.05, 0) is 48.9 Å². The van der Waals surface area contributed by atoms with Crippen molar-refractivity contribution >= 4 is 18.0 Å². The van der Waals surface area contributed by atoms with E-state index in [0.29, 0.717) is 19.4 Å². The van der Waals surface area contributed by atoms with Gasteiger partial charge in [-0.3, -0.25) is 4.79 Å². The first-order valence-electron chi connectivity index (χ1n) is 11.4. The van der Waals surface area contributed by atoms with Crippen LogP contribution in [0.3, 0.4) is 0 Å². The number of hydrogen-bond donors (Lipinski definition) is 2. The summed E-state index contributed by atoms with van der Waals surface area (Å²) >= 11 is 0. The quantitative estimate of drug-likeness (QED) is 0.648. The highest BCUT2D eigenvalue weighted by Crippen LogP contribution is 2.44. The van der Waals surface area contributed by atoms with Crippen LogP contribution in [0.4, 0.5) is 4.79 Å². The number of hydrogen-bond acceptors (Lipinski definition) is 5. The van der Waals surface area contributed by atoms with E-state index in [-0.39, 0.29) is 19.1 Å². The van der Waals surface area contributed by atoms with Crippen molar-refractivity contribution in [2.24, 2.45) is 0 Å². The molecule has 2 N–H and O–H groups in total. The van der Waals surface area contributed by atoms with E-state index >= 15 is 0 Å². The Morgan fingerprint density at radius 2 is 1.71 bits per heavy atom. The van der Waals surface area contributed by atoms with Crippen molar-refractivity contribution < 1.29 is 29.0 Å². The fourth-order valence-electron chi connectivity index (χ4n) is 5.11. The van der Waals surface area contributed by atoms with Gasteiger partial charge in [-0.2, -0.15) is 0 Å². The first-order chi connectivity index (χ1) is 16.2. The molecule has 2 aromatic rings. The molecule has 2 aliphatic rings. The van der Waals surface area contributed by atoms with Crippen molar-refractivity contribution in [1.29, 1.82) is 0 Å². The molecule has 2 amide bonds. The lowest BCUT2D eigenvalue weighted by Crippen LogP contribution is -2.64. The van der Waals surface area contributed by atoms with Crippen LogP contribution in [0, 0.1) is 0 Å². The predicted molar refractivity (Wildman–Crippen MR) is 125 cm³/mol. The molecule has 4 rings (SSSR count). The molecule has 0 bridgehead atoms. The molecule has 0 saturated carbocycles. The zero-order valence-corrected chi connectivity index (χ0v) is 19.7. The normalized spacial score (nSPS) is 20.9. The van der Waals surface area contributed by atoms with E-state index in [1.54, 1.807) is 0 Å². The number of carboxylic acids is 1. The van der Waals surface area contributed by atoms with Crippen LogP contribution in [0.15, 0.2) is 48.5 Å². The van der Waals surface area contributed by atoms with Crippen LogP contribution in [-0.2, 0) is 19.1 Å². The van der Waals surface area contributed by atoms with Crippen molar-refractivity contribution in [3.8, 4) is 11.1 Å². The van der Waals surface area contributed by atoms with Gasteiger partial charge in [0, 0.05) is 19.6 Å². The Balaban J connectivity index is 1.49. The van der Waals surface area contributed by atoms with Crippen LogP contribution in [-0.4, -0.2) is 65.9 Å². The van der Waals surface area contributed by atoms with Crippen molar-refractivity contribution in [2.75, 3.05) is 26.9 Å². The standard InChI is InChI=1S/C26H30N2O6/c1-25(16-33-3,22(29)28-14-8-13-26(28,2)23(30)31)27-24(32)34-15-21-19-11-6-4-9-17(19)18-10-5-7-12-20(18)21/h4-7,9-12,21H,8,13-16H2,1-3H3,(H,27,32)(H,30,31). The fraction of sp³-hybridized carbons (Fsp3) is 0.423. The summed E-state index contributed by atoms with van der Waals surface area (Å²) in [5.41, 5.74) is 1.61. The van der Waals surface area contributed by atoms with Gasteiger partial charge in [0.2, 0.25) is 0 Å². The number of likely N-dealkylation sites (tertiary alicyclic amines) is 1. The van der Waals surface area contributed by atoms with Gasteiger partial charge < -0.3 is 24.8 Å². The molecular formula is C26H30N2O6. The maximum Gasteiger partial charge on any atom is 0.408 e. The topological polar surface area (TPSA) is 105 Å². The second-order valence-corrected chi connectivity index (χ2v) is 9.36. The van der Waals surface area contributed by atoms with Crippen LogP contribution in [0.5, 0.6) is 0 Å². The number of benzene rings is 2. The van der Waals surface area contributed by atoms with Gasteiger partial charge >= 0.3 is 12.1 Å². The molecular weight excluding hydrogens is 436 g/mol. The number of methoxy groups -OCH3 is 1. The molecule has 1 fully saturated rings. The van der Waals surface area contributed by atoms with E-state index in [4.69, 9.17) is 9.47 Å². The molecule has 2 unspecified atom stereocenters. The lowest BCUT2D eigenvalue weighted by Gasteiger charge is -2.38. The fourth-order valence-corrected chi connectivity index (χ4v) is 5.11. The van der Waals surface area contributed by atoms with Gasteiger partial charge in [0.05, 0.1) is 6.61 Å². The van der Waals surface area contributed by atoms with E-state index in [1.165, 1.54) is 25.9 Å². The highest BCUT2D eigenvalue weighted by atomic mass is 16.5. The monoisotopic (exact) mass is 466 g/mol. The summed E-state index contributed by atoms with van der Waals surface area (Å²) in [6.45, 7) is 3.34. The average molecular weight is 467 g/mol. The molecule has 1 aliphatic heterocycles. The number of fused-ring (bicyclic) bond motifs is 3. The zero-order valence-electron chi connectivity index (χ0n) is 19.7. The van der Waals surface area contributed by atoms with E-state index < -0.39 is 29.0 Å². The van der Waals surface area contributed by atoms with Gasteiger partial charge in [0.25, 0.3) is 5.91 Å². The molecule has 2 atom stereocenters. The van der Waals surface area contributed by atoms with Crippen LogP contribution >= 0.6 is 0 Å². The van der Waals surface area contributed by atoms with Gasteiger partial charge in [-0.15, -0.1) is 0 Å². The van der Waals surface area contributed by atoms with Crippen molar-refractivity contribution in [2.45, 2.75) is 43.7 Å². The summed E-state index contributed by atoms with van der Waals surface area (Å²) in [4.78, 5) is 39.4. The molecule has 1 heterocycles. The summed E-state index contributed by atoms with van der Waals surface area (Å²) in [6.07, 6.45) is 0.163. The molecule has 2 aromatic carbocycles. The van der Waals surface area contributed by atoms with Crippen LogP contribution in [0.1, 0.15) is 43.7 Å². The third-order valence-electron chi connectivity index (χ3n) is 6.97. The number of nitrogens with one attached hydrogen (secondary N) is 1. The van der Waals surface area contributed by atoms with Crippen LogP contribution in [0.2, 0.25) is 0 Å². The summed E-state index contributed by atoms with van der Waals surface area (Å²) in [6, 6.07) is 16.0. The number of amides is 2. The van der Waals surface area contributed by atoms with Crippen LogP contribution in [0.25, 0.3) is 11.1 Å². The van der Waals surface area contributed by atoms with E-state index in [1.807, 2.05) is 36.4 Å². The third-order valence-corrected chi connectivity index (χ3v) is 6.97. The SMILES string of the molecule is COCC(C)(NC(=O)OCC1c2ccccc2-c2ccccc21)C(=O)N1CCCC1(C)C(=O)O. The number of alkyl carbamates (subject to hydrolysis) is 1. The molecule has 0 spiro atoms. The minimum atomic E-state index is -1.47. The van der Waals surface area contributed by atoms with Crippen molar-refractivity contribution in [1.82, 2.24) is 10.2 Å². The minimum Gasteiger partial charge on any atom is -0.480 e. The second kappa shape index (κ2) is 9.10. The number of carbonyl (C=O) groups is 3. The Bertz CT molecular complexity index is 1070. The lowest BCUT2D eigenvalue weighted by molar-refractivity contribution is -0.158. The predicted octanol–water partition coefficient (Wildman–Crippen LogP) is 3.40. The summed E-state index contributed by atoms with van der Waals surface area (Å²) < 4.78 is 10.8. The second-order valence-electron chi connectivity index (χ2n) is 9.36. The molecule has 0 radical (unpaired) electrons. The van der Waals surface area contributed by atoms with E-state index in [0.717, 1.165) is 22.3 Å². The maximum absolute atomic E-state index is 13.4. The Hall–Kier alpha value is -3.39. The highest BCUT2D eigenvalue weighted by Gasteiger charge is 2.51. The van der Waals surface area contributed by atoms with E-state index in [2.05, 4.69) is 17.4 Å². The summed E-state index contributed by atoms with van der Waals surface area (Å²) in [5.74, 6) is -1.69. The van der Waals surface area contributed by atoms with E-state index in [9.17, 15) is 19.5 Å². The average Bonchev–Trinajstić information content (AvgIpc) is 3.36. The van der Waals surface area contributed by atoms with Crippen molar-refractivity contribution in [3.05, 3.63) is 59.7 Å². The first-order valence-corrected chi connectivity index (χ1v) is 11.4. The third kappa shape index (κ3) is 4.03. The largest absolute Gasteiger partial charge is 0.480 e. The Morgan fingerprint density at radius 3 is 2.26 bits per heavy atom. The Labute approximate surface area is 198 Å². The number of carbonyl (C=O) groups excluding carboxylic acids is 2. The smallest absolute Gasteiger partial charge is 0.408 e. The summed E-state index contributed by atoms with van der Waals surface area (Å²) in [5, 5.41) is 12.3. The molecule has 34 heavy (non-hydrogen) atoms. The van der Waals surface area contributed by atoms with Gasteiger partial charge in [0.1, 0.15) is 17.7 Å². The van der Waals surface area contributed by atoms with Gasteiger partial charge in [0.15, 0.2) is 0 Å². The molecule has 180 valence electrons. The lowest BCUT2D eigenvalue weighted by atomic mass is 9.95. The number of rotatable bonds is 7. The van der Waals surface area contributed by atoms with Crippen molar-refractivity contribution in [3.63, 3.8) is 0 Å². The zero-order chi connectivity index (χ0) is 24.5. The maximum atomic E-state index is 13.4. The molecule has 1 saturated heterocycles. The van der Waals surface area contributed by atoms with Gasteiger partial charge in [-0.1, -0.05) is 48.5 Å². The molecule has 8 heteroatoms. The van der Waals surface area contributed by atoms with Gasteiger partial charge in [-0.25, -0.2) is 9.59 Å². The minimum absolute atomic E-state index is 0.105. The highest BCUT2D eigenvalue weighted by molar-refractivity contribution is 5.94. The number of carboxylic acid groups (broad SMARTS) is 1. The number of nitrogens with zero attached hydrogens (tertiary/aromatic N) is 1.